The minimum absolute atomic E-state index is 0.102. The Balaban J connectivity index is 1.69. The molecule has 0 aromatic heterocycles. The fourth-order valence-electron chi connectivity index (χ4n) is 2.46. The molecule has 0 aliphatic rings. The monoisotopic (exact) mass is 382 g/mol. The Morgan fingerprint density at radius 1 is 1.12 bits per heavy atom. The molecule has 0 heterocycles. The molecule has 0 aliphatic heterocycles. The van der Waals surface area contributed by atoms with Crippen LogP contribution < -0.4 is 5.43 Å². The topological polar surface area (TPSA) is 61.7 Å². The van der Waals surface area contributed by atoms with Crippen molar-refractivity contribution < 1.29 is 9.90 Å². The molecule has 3 rings (SSSR count). The SMILES string of the molecule is O=C(Cc1cccc2ccccc12)N/N=C\c1cc(Br)ccc1O. The number of fused-ring (bicyclic) bond motifs is 1. The third kappa shape index (κ3) is 3.81. The average molecular weight is 383 g/mol. The van der Waals surface area contributed by atoms with Gasteiger partial charge in [-0.15, -0.1) is 0 Å². The van der Waals surface area contributed by atoms with Crippen molar-refractivity contribution in [3.05, 3.63) is 76.3 Å². The van der Waals surface area contributed by atoms with E-state index in [9.17, 15) is 9.90 Å². The molecule has 0 radical (unpaired) electrons. The molecule has 0 unspecified atom stereocenters. The smallest absolute Gasteiger partial charge is 0.244 e. The van der Waals surface area contributed by atoms with Gasteiger partial charge in [0.25, 0.3) is 0 Å². The predicted molar refractivity (Wildman–Crippen MR) is 99.2 cm³/mol. The van der Waals surface area contributed by atoms with Gasteiger partial charge in [-0.25, -0.2) is 5.43 Å². The second-order valence-corrected chi connectivity index (χ2v) is 6.23. The number of nitrogens with zero attached hydrogens (tertiary/aromatic N) is 1. The van der Waals surface area contributed by atoms with E-state index in [1.807, 2.05) is 42.5 Å². The Morgan fingerprint density at radius 2 is 1.92 bits per heavy atom. The maximum absolute atomic E-state index is 12.1. The van der Waals surface area contributed by atoms with Crippen LogP contribution >= 0.6 is 15.9 Å². The fourth-order valence-corrected chi connectivity index (χ4v) is 2.84. The first-order valence-electron chi connectivity index (χ1n) is 7.40. The van der Waals surface area contributed by atoms with E-state index in [-0.39, 0.29) is 18.1 Å². The van der Waals surface area contributed by atoms with Crippen LogP contribution in [0.15, 0.2) is 70.2 Å². The first kappa shape index (κ1) is 16.2. The summed E-state index contributed by atoms with van der Waals surface area (Å²) in [7, 11) is 0. The van der Waals surface area contributed by atoms with E-state index >= 15 is 0 Å². The summed E-state index contributed by atoms with van der Waals surface area (Å²) in [5.74, 6) is -0.109. The summed E-state index contributed by atoms with van der Waals surface area (Å²) in [6, 6.07) is 18.8. The van der Waals surface area contributed by atoms with Gasteiger partial charge < -0.3 is 5.11 Å². The molecule has 0 saturated heterocycles. The van der Waals surface area contributed by atoms with E-state index in [0.717, 1.165) is 20.8 Å². The highest BCUT2D eigenvalue weighted by Crippen LogP contribution is 2.20. The molecule has 3 aromatic rings. The largest absolute Gasteiger partial charge is 0.507 e. The highest BCUT2D eigenvalue weighted by atomic mass is 79.9. The van der Waals surface area contributed by atoms with Gasteiger partial charge in [-0.1, -0.05) is 58.4 Å². The molecule has 4 nitrogen and oxygen atoms in total. The van der Waals surface area contributed by atoms with Crippen LogP contribution in [0, 0.1) is 0 Å². The van der Waals surface area contributed by atoms with Crippen LogP contribution in [0.5, 0.6) is 5.75 Å². The summed E-state index contributed by atoms with van der Waals surface area (Å²) < 4.78 is 0.823. The maximum atomic E-state index is 12.1. The summed E-state index contributed by atoms with van der Waals surface area (Å²) >= 11 is 3.32. The first-order chi connectivity index (χ1) is 11.6. The van der Waals surface area contributed by atoms with Gasteiger partial charge in [-0.3, -0.25) is 4.79 Å². The van der Waals surface area contributed by atoms with Crippen LogP contribution in [0.2, 0.25) is 0 Å². The van der Waals surface area contributed by atoms with E-state index in [1.165, 1.54) is 6.21 Å². The van der Waals surface area contributed by atoms with Gasteiger partial charge in [0.1, 0.15) is 5.75 Å². The molecule has 0 bridgehead atoms. The number of phenolic OH excluding ortho intramolecular Hbond substituents is 1. The van der Waals surface area contributed by atoms with Gasteiger partial charge in [0.05, 0.1) is 12.6 Å². The number of amides is 1. The third-order valence-electron chi connectivity index (χ3n) is 3.61. The molecule has 0 fully saturated rings. The van der Waals surface area contributed by atoms with Gasteiger partial charge in [-0.05, 0) is 34.5 Å². The Morgan fingerprint density at radius 3 is 2.79 bits per heavy atom. The van der Waals surface area contributed by atoms with Crippen molar-refractivity contribution >= 4 is 38.8 Å². The van der Waals surface area contributed by atoms with Crippen LogP contribution in [0.25, 0.3) is 10.8 Å². The molecule has 24 heavy (non-hydrogen) atoms. The lowest BCUT2D eigenvalue weighted by Crippen LogP contribution is -2.19. The molecule has 0 atom stereocenters. The van der Waals surface area contributed by atoms with E-state index in [0.29, 0.717) is 5.56 Å². The van der Waals surface area contributed by atoms with E-state index in [2.05, 4.69) is 26.5 Å². The van der Waals surface area contributed by atoms with Crippen molar-refractivity contribution in [3.63, 3.8) is 0 Å². The number of halogens is 1. The Bertz CT molecular complexity index is 917. The fraction of sp³-hybridized carbons (Fsp3) is 0.0526. The molecule has 0 saturated carbocycles. The molecule has 0 spiro atoms. The zero-order valence-corrected chi connectivity index (χ0v) is 14.3. The molecule has 2 N–H and O–H groups in total. The number of carbonyl (C=O) groups excluding carboxylic acids is 1. The van der Waals surface area contributed by atoms with Crippen molar-refractivity contribution in [2.45, 2.75) is 6.42 Å². The number of phenols is 1. The number of benzene rings is 3. The van der Waals surface area contributed by atoms with E-state index in [4.69, 9.17) is 0 Å². The van der Waals surface area contributed by atoms with Gasteiger partial charge in [-0.2, -0.15) is 5.10 Å². The number of hydrazone groups is 1. The Labute approximate surface area is 148 Å². The third-order valence-corrected chi connectivity index (χ3v) is 4.11. The zero-order chi connectivity index (χ0) is 16.9. The zero-order valence-electron chi connectivity index (χ0n) is 12.7. The summed E-state index contributed by atoms with van der Waals surface area (Å²) in [6.07, 6.45) is 1.66. The van der Waals surface area contributed by atoms with Crippen LogP contribution in [0.1, 0.15) is 11.1 Å². The lowest BCUT2D eigenvalue weighted by Gasteiger charge is -2.05. The van der Waals surface area contributed by atoms with Crippen LogP contribution in [-0.2, 0) is 11.2 Å². The van der Waals surface area contributed by atoms with Gasteiger partial charge in [0, 0.05) is 10.0 Å². The quantitative estimate of drug-likeness (QED) is 0.529. The summed E-state index contributed by atoms with van der Waals surface area (Å²) in [5.41, 5.74) is 3.97. The minimum atomic E-state index is -0.211. The van der Waals surface area contributed by atoms with Crippen LogP contribution in [0.4, 0.5) is 0 Å². The van der Waals surface area contributed by atoms with Crippen molar-refractivity contribution in [1.82, 2.24) is 5.43 Å². The number of hydrogen-bond acceptors (Lipinski definition) is 3. The minimum Gasteiger partial charge on any atom is -0.507 e. The highest BCUT2D eigenvalue weighted by molar-refractivity contribution is 9.10. The van der Waals surface area contributed by atoms with Crippen molar-refractivity contribution in [3.8, 4) is 5.75 Å². The van der Waals surface area contributed by atoms with Crippen molar-refractivity contribution in [1.29, 1.82) is 0 Å². The second kappa shape index (κ2) is 7.27. The number of carbonyl (C=O) groups is 1. The summed E-state index contributed by atoms with van der Waals surface area (Å²) in [6.45, 7) is 0. The molecule has 120 valence electrons. The lowest BCUT2D eigenvalue weighted by molar-refractivity contribution is -0.120. The lowest BCUT2D eigenvalue weighted by atomic mass is 10.0. The number of nitrogens with one attached hydrogen (secondary N) is 1. The van der Waals surface area contributed by atoms with Gasteiger partial charge in [0.2, 0.25) is 5.91 Å². The molecule has 0 aliphatic carbocycles. The number of hydrogen-bond donors (Lipinski definition) is 2. The van der Waals surface area contributed by atoms with Crippen LogP contribution in [-0.4, -0.2) is 17.2 Å². The van der Waals surface area contributed by atoms with Gasteiger partial charge >= 0.3 is 0 Å². The highest BCUT2D eigenvalue weighted by Gasteiger charge is 2.06. The molecular weight excluding hydrogens is 368 g/mol. The standard InChI is InChI=1S/C19H15BrN2O2/c20-16-8-9-18(23)15(10-16)12-21-22-19(24)11-14-6-3-5-13-4-1-2-7-17(13)14/h1-10,12,23H,11H2,(H,22,24)/b21-12-. The summed E-state index contributed by atoms with van der Waals surface area (Å²) in [4.78, 5) is 12.1. The van der Waals surface area contributed by atoms with E-state index in [1.54, 1.807) is 18.2 Å². The molecule has 5 heteroatoms. The van der Waals surface area contributed by atoms with Crippen molar-refractivity contribution in [2.24, 2.45) is 5.10 Å². The number of aromatic hydroxyl groups is 1. The predicted octanol–water partition coefficient (Wildman–Crippen LogP) is 4.00. The molecular formula is C19H15BrN2O2. The van der Waals surface area contributed by atoms with Gasteiger partial charge in [0.15, 0.2) is 0 Å². The first-order valence-corrected chi connectivity index (χ1v) is 8.20. The number of rotatable bonds is 4. The average Bonchev–Trinajstić information content (AvgIpc) is 2.58. The molecule has 3 aromatic carbocycles. The second-order valence-electron chi connectivity index (χ2n) is 5.31. The normalized spacial score (nSPS) is 11.0. The van der Waals surface area contributed by atoms with Crippen LogP contribution in [0.3, 0.4) is 0 Å². The summed E-state index contributed by atoms with van der Waals surface area (Å²) in [5, 5.41) is 15.8. The molecule has 1 amide bonds. The van der Waals surface area contributed by atoms with Crippen molar-refractivity contribution in [2.75, 3.05) is 0 Å². The Kier molecular flexibility index (Phi) is 4.91. The van der Waals surface area contributed by atoms with E-state index < -0.39 is 0 Å². The maximum Gasteiger partial charge on any atom is 0.244 e. The Hall–Kier alpha value is -2.66.